The van der Waals surface area contributed by atoms with Gasteiger partial charge in [0.15, 0.2) is 5.69 Å². The number of hydrogen-bond donors (Lipinski definition) is 1. The quantitative estimate of drug-likeness (QED) is 0.647. The van der Waals surface area contributed by atoms with E-state index in [0.717, 1.165) is 12.8 Å². The van der Waals surface area contributed by atoms with Gasteiger partial charge in [0.25, 0.3) is 5.91 Å². The zero-order chi connectivity index (χ0) is 14.0. The van der Waals surface area contributed by atoms with Crippen molar-refractivity contribution in [2.24, 2.45) is 13.0 Å². The largest absolute Gasteiger partial charge is 0.396 e. The van der Waals surface area contributed by atoms with Crippen LogP contribution in [0.3, 0.4) is 0 Å². The summed E-state index contributed by atoms with van der Waals surface area (Å²) < 4.78 is 1.30. The van der Waals surface area contributed by atoms with Gasteiger partial charge in [-0.3, -0.25) is 4.79 Å². The van der Waals surface area contributed by atoms with Crippen LogP contribution < -0.4 is 0 Å². The first kappa shape index (κ1) is 13.5. The van der Waals surface area contributed by atoms with Gasteiger partial charge in [0.1, 0.15) is 0 Å². The number of carbonyl (C=O) groups excluding carboxylic acids is 1. The maximum atomic E-state index is 12.3. The molecule has 0 aromatic carbocycles. The van der Waals surface area contributed by atoms with Crippen molar-refractivity contribution < 1.29 is 14.8 Å². The van der Waals surface area contributed by atoms with E-state index in [2.05, 4.69) is 0 Å². The molecule has 0 aliphatic carbocycles. The zero-order valence-electron chi connectivity index (χ0n) is 10.8. The van der Waals surface area contributed by atoms with Gasteiger partial charge in [-0.2, -0.15) is 0 Å². The standard InChI is InChI=1S/C12H17N3O4/c1-13-10(4-5-11(13)15(18)19)12(17)14-6-2-3-9(7-14)8-16/h4-5,9,16H,2-3,6-8H2,1H3. The lowest BCUT2D eigenvalue weighted by molar-refractivity contribution is -0.391. The number of nitrogens with zero attached hydrogens (tertiary/aromatic N) is 3. The molecule has 7 heteroatoms. The molecule has 1 fully saturated rings. The Hall–Kier alpha value is -1.89. The van der Waals surface area contributed by atoms with Crippen LogP contribution in [-0.4, -0.2) is 45.1 Å². The van der Waals surface area contributed by atoms with Crippen LogP contribution in [0.25, 0.3) is 0 Å². The van der Waals surface area contributed by atoms with Gasteiger partial charge in [0.05, 0.1) is 7.05 Å². The van der Waals surface area contributed by atoms with Gasteiger partial charge in [-0.05, 0) is 29.7 Å². The van der Waals surface area contributed by atoms with Crippen molar-refractivity contribution in [2.75, 3.05) is 19.7 Å². The predicted molar refractivity (Wildman–Crippen MR) is 67.8 cm³/mol. The normalized spacial score (nSPS) is 19.5. The average Bonchev–Trinajstić information content (AvgIpc) is 2.80. The Morgan fingerprint density at radius 1 is 1.58 bits per heavy atom. The molecule has 0 bridgehead atoms. The molecule has 1 atom stereocenters. The first-order chi connectivity index (χ1) is 9.04. The van der Waals surface area contributed by atoms with Crippen molar-refractivity contribution >= 4 is 11.7 Å². The molecule has 0 spiro atoms. The van der Waals surface area contributed by atoms with Crippen LogP contribution >= 0.6 is 0 Å². The van der Waals surface area contributed by atoms with Crippen molar-refractivity contribution in [3.05, 3.63) is 27.9 Å². The van der Waals surface area contributed by atoms with Crippen LogP contribution in [0.15, 0.2) is 12.1 Å². The number of nitro groups is 1. The molecular weight excluding hydrogens is 250 g/mol. The number of amides is 1. The fourth-order valence-corrected chi connectivity index (χ4v) is 2.46. The number of hydrogen-bond acceptors (Lipinski definition) is 4. The van der Waals surface area contributed by atoms with E-state index < -0.39 is 4.92 Å². The molecule has 0 saturated carbocycles. The highest BCUT2D eigenvalue weighted by Gasteiger charge is 2.28. The Kier molecular flexibility index (Phi) is 3.84. The summed E-state index contributed by atoms with van der Waals surface area (Å²) in [7, 11) is 1.51. The predicted octanol–water partition coefficient (Wildman–Crippen LogP) is 0.778. The molecule has 1 N–H and O–H groups in total. The Bertz CT molecular complexity index is 497. The summed E-state index contributed by atoms with van der Waals surface area (Å²) in [6, 6.07) is 2.81. The number of piperidine rings is 1. The number of carbonyl (C=O) groups is 1. The highest BCUT2D eigenvalue weighted by molar-refractivity contribution is 5.93. The molecule has 1 aromatic rings. The molecule has 2 rings (SSSR count). The second-order valence-electron chi connectivity index (χ2n) is 4.83. The number of aromatic nitrogens is 1. The third kappa shape index (κ3) is 2.60. The summed E-state index contributed by atoms with van der Waals surface area (Å²) in [5.41, 5.74) is 0.310. The Balaban J connectivity index is 2.17. The first-order valence-electron chi connectivity index (χ1n) is 6.25. The summed E-state index contributed by atoms with van der Waals surface area (Å²) in [6.45, 7) is 1.21. The fourth-order valence-electron chi connectivity index (χ4n) is 2.46. The van der Waals surface area contributed by atoms with Gasteiger partial charge >= 0.3 is 5.82 Å². The lowest BCUT2D eigenvalue weighted by Gasteiger charge is -2.31. The van der Waals surface area contributed by atoms with Crippen LogP contribution in [-0.2, 0) is 7.05 Å². The minimum atomic E-state index is -0.510. The van der Waals surface area contributed by atoms with Crippen LogP contribution in [0.5, 0.6) is 0 Å². The third-order valence-electron chi connectivity index (χ3n) is 3.57. The lowest BCUT2D eigenvalue weighted by atomic mass is 9.99. The Morgan fingerprint density at radius 3 is 2.89 bits per heavy atom. The van der Waals surface area contributed by atoms with Crippen LogP contribution in [0.2, 0.25) is 0 Å². The van der Waals surface area contributed by atoms with E-state index in [1.54, 1.807) is 4.90 Å². The molecule has 1 aromatic heterocycles. The van der Waals surface area contributed by atoms with Gasteiger partial charge < -0.3 is 20.1 Å². The summed E-state index contributed by atoms with van der Waals surface area (Å²) in [5.74, 6) is -0.208. The van der Waals surface area contributed by atoms with E-state index in [9.17, 15) is 14.9 Å². The fraction of sp³-hybridized carbons (Fsp3) is 0.583. The molecule has 1 aliphatic heterocycles. The summed E-state index contributed by atoms with van der Waals surface area (Å²) >= 11 is 0. The van der Waals surface area contributed by atoms with Gasteiger partial charge in [-0.15, -0.1) is 0 Å². The molecule has 1 amide bonds. The van der Waals surface area contributed by atoms with Gasteiger partial charge in [-0.25, -0.2) is 4.57 Å². The van der Waals surface area contributed by atoms with Crippen LogP contribution in [0, 0.1) is 16.0 Å². The smallest absolute Gasteiger partial charge is 0.323 e. The molecule has 1 unspecified atom stereocenters. The summed E-state index contributed by atoms with van der Waals surface area (Å²) in [4.78, 5) is 24.2. The maximum absolute atomic E-state index is 12.3. The number of aliphatic hydroxyl groups excluding tert-OH is 1. The van der Waals surface area contributed by atoms with Crippen molar-refractivity contribution in [3.8, 4) is 0 Å². The highest BCUT2D eigenvalue weighted by Crippen LogP contribution is 2.21. The maximum Gasteiger partial charge on any atom is 0.323 e. The molecule has 1 aliphatic rings. The molecule has 2 heterocycles. The minimum absolute atomic E-state index is 0.0665. The van der Waals surface area contributed by atoms with Gasteiger partial charge in [0.2, 0.25) is 0 Å². The number of rotatable bonds is 3. The Labute approximate surface area is 110 Å². The van der Waals surface area contributed by atoms with Crippen molar-refractivity contribution in [1.29, 1.82) is 0 Å². The second-order valence-corrected chi connectivity index (χ2v) is 4.83. The van der Waals surface area contributed by atoms with E-state index in [-0.39, 0.29) is 24.2 Å². The Morgan fingerprint density at radius 2 is 2.32 bits per heavy atom. The van der Waals surface area contributed by atoms with Crippen LogP contribution in [0.4, 0.5) is 5.82 Å². The van der Waals surface area contributed by atoms with Crippen molar-refractivity contribution in [2.45, 2.75) is 12.8 Å². The zero-order valence-corrected chi connectivity index (χ0v) is 10.8. The van der Waals surface area contributed by atoms with Crippen LogP contribution in [0.1, 0.15) is 23.3 Å². The summed E-state index contributed by atoms with van der Waals surface area (Å²) in [5, 5.41) is 19.9. The molecule has 7 nitrogen and oxygen atoms in total. The highest BCUT2D eigenvalue weighted by atomic mass is 16.6. The van der Waals surface area contributed by atoms with E-state index in [1.165, 1.54) is 23.7 Å². The number of aliphatic hydroxyl groups is 1. The monoisotopic (exact) mass is 267 g/mol. The minimum Gasteiger partial charge on any atom is -0.396 e. The third-order valence-corrected chi connectivity index (χ3v) is 3.57. The molecule has 1 saturated heterocycles. The average molecular weight is 267 g/mol. The van der Waals surface area contributed by atoms with E-state index in [0.29, 0.717) is 18.8 Å². The van der Waals surface area contributed by atoms with Gasteiger partial charge in [0, 0.05) is 25.8 Å². The van der Waals surface area contributed by atoms with Crippen molar-refractivity contribution in [3.63, 3.8) is 0 Å². The van der Waals surface area contributed by atoms with Gasteiger partial charge in [-0.1, -0.05) is 0 Å². The molecular formula is C12H17N3O4. The molecule has 19 heavy (non-hydrogen) atoms. The van der Waals surface area contributed by atoms with E-state index in [4.69, 9.17) is 5.11 Å². The molecule has 104 valence electrons. The summed E-state index contributed by atoms with van der Waals surface area (Å²) in [6.07, 6.45) is 1.76. The number of likely N-dealkylation sites (tertiary alicyclic amines) is 1. The lowest BCUT2D eigenvalue weighted by Crippen LogP contribution is -2.41. The molecule has 0 radical (unpaired) electrons. The van der Waals surface area contributed by atoms with E-state index >= 15 is 0 Å². The van der Waals surface area contributed by atoms with E-state index in [1.807, 2.05) is 0 Å². The first-order valence-corrected chi connectivity index (χ1v) is 6.25. The second kappa shape index (κ2) is 5.40. The topological polar surface area (TPSA) is 88.6 Å². The SMILES string of the molecule is Cn1c(C(=O)N2CCCC(CO)C2)ccc1[N+](=O)[O-]. The van der Waals surface area contributed by atoms with Crippen molar-refractivity contribution in [1.82, 2.24) is 9.47 Å².